The Kier molecular flexibility index (Phi) is 5.13. The first-order chi connectivity index (χ1) is 8.52. The second kappa shape index (κ2) is 6.61. The van der Waals surface area contributed by atoms with Gasteiger partial charge in [-0.15, -0.1) is 0 Å². The van der Waals surface area contributed by atoms with E-state index in [1.165, 1.54) is 6.92 Å². The maximum Gasteiger partial charge on any atom is 0.258 e. The largest absolute Gasteiger partial charge is 0.484 e. The van der Waals surface area contributed by atoms with E-state index in [0.717, 1.165) is 5.56 Å². The Bertz CT molecular complexity index is 434. The lowest BCUT2D eigenvalue weighted by molar-refractivity contribution is -0.129. The third-order valence-corrected chi connectivity index (χ3v) is 2.27. The molecule has 0 radical (unpaired) electrons. The van der Waals surface area contributed by atoms with Gasteiger partial charge < -0.3 is 10.1 Å². The zero-order valence-electron chi connectivity index (χ0n) is 10.4. The van der Waals surface area contributed by atoms with Crippen LogP contribution in [0, 0.1) is 6.92 Å². The molecule has 0 bridgehead atoms. The zero-order valence-corrected chi connectivity index (χ0v) is 10.4. The molecule has 0 spiro atoms. The van der Waals surface area contributed by atoms with Gasteiger partial charge in [0.05, 0.1) is 0 Å². The first kappa shape index (κ1) is 14.0. The number of nitrogens with one attached hydrogen (secondary N) is 2. The topological polar surface area (TPSA) is 93.4 Å². The summed E-state index contributed by atoms with van der Waals surface area (Å²) in [6, 6.07) is 6.66. The zero-order chi connectivity index (χ0) is 13.5. The first-order valence-electron chi connectivity index (χ1n) is 5.52. The summed E-state index contributed by atoms with van der Waals surface area (Å²) >= 11 is 0. The van der Waals surface area contributed by atoms with Crippen molar-refractivity contribution in [2.24, 2.45) is 5.84 Å². The molecule has 6 heteroatoms. The summed E-state index contributed by atoms with van der Waals surface area (Å²) in [5, 5.41) is 2.46. The lowest BCUT2D eigenvalue weighted by Gasteiger charge is -2.12. The van der Waals surface area contributed by atoms with Gasteiger partial charge in [-0.3, -0.25) is 15.0 Å². The number of amides is 2. The van der Waals surface area contributed by atoms with Crippen molar-refractivity contribution in [3.05, 3.63) is 29.8 Å². The van der Waals surface area contributed by atoms with Gasteiger partial charge in [-0.2, -0.15) is 0 Å². The predicted octanol–water partition coefficient (Wildman–Crippen LogP) is -0.132. The number of ether oxygens (including phenoxy) is 1. The molecule has 4 N–H and O–H groups in total. The Morgan fingerprint density at radius 3 is 2.78 bits per heavy atom. The van der Waals surface area contributed by atoms with Crippen molar-refractivity contribution < 1.29 is 14.3 Å². The Morgan fingerprint density at radius 2 is 2.17 bits per heavy atom. The summed E-state index contributed by atoms with van der Waals surface area (Å²) in [5.41, 5.74) is 3.00. The standard InChI is InChI=1S/C12H17N3O3/c1-8-4-3-5-10(6-8)18-7-11(16)14-9(2)12(17)15-13/h3-6,9H,7,13H2,1-2H3,(H,14,16)(H,15,17)/t9-/m1/s1. The van der Waals surface area contributed by atoms with Crippen molar-refractivity contribution in [2.45, 2.75) is 19.9 Å². The number of hydrazine groups is 1. The summed E-state index contributed by atoms with van der Waals surface area (Å²) in [5.74, 6) is 4.72. The average molecular weight is 251 g/mol. The maximum atomic E-state index is 11.5. The molecule has 1 aromatic rings. The molecule has 0 aliphatic rings. The van der Waals surface area contributed by atoms with Crippen LogP contribution in [-0.2, 0) is 9.59 Å². The van der Waals surface area contributed by atoms with E-state index in [1.807, 2.05) is 30.5 Å². The number of benzene rings is 1. The van der Waals surface area contributed by atoms with Crippen molar-refractivity contribution in [1.82, 2.24) is 10.7 Å². The Labute approximate surface area is 105 Å². The molecule has 0 aromatic heterocycles. The first-order valence-corrected chi connectivity index (χ1v) is 5.52. The minimum Gasteiger partial charge on any atom is -0.484 e. The van der Waals surface area contributed by atoms with Crippen molar-refractivity contribution >= 4 is 11.8 Å². The highest BCUT2D eigenvalue weighted by molar-refractivity contribution is 5.87. The van der Waals surface area contributed by atoms with E-state index in [1.54, 1.807) is 6.07 Å². The molecule has 0 saturated carbocycles. The van der Waals surface area contributed by atoms with Gasteiger partial charge in [-0.25, -0.2) is 5.84 Å². The number of carbonyl (C=O) groups excluding carboxylic acids is 2. The van der Waals surface area contributed by atoms with E-state index in [9.17, 15) is 9.59 Å². The Hall–Kier alpha value is -2.08. The van der Waals surface area contributed by atoms with Crippen LogP contribution in [0.25, 0.3) is 0 Å². The van der Waals surface area contributed by atoms with Crippen LogP contribution >= 0.6 is 0 Å². The number of hydrogen-bond donors (Lipinski definition) is 3. The van der Waals surface area contributed by atoms with Gasteiger partial charge in [-0.05, 0) is 31.5 Å². The monoisotopic (exact) mass is 251 g/mol. The minimum absolute atomic E-state index is 0.147. The number of rotatable bonds is 5. The molecule has 1 rings (SSSR count). The SMILES string of the molecule is Cc1cccc(OCC(=O)N[C@H](C)C(=O)NN)c1. The van der Waals surface area contributed by atoms with Crippen LogP contribution in [0.5, 0.6) is 5.75 Å². The van der Waals surface area contributed by atoms with Gasteiger partial charge in [0, 0.05) is 0 Å². The predicted molar refractivity (Wildman–Crippen MR) is 66.6 cm³/mol. The highest BCUT2D eigenvalue weighted by Crippen LogP contribution is 2.11. The van der Waals surface area contributed by atoms with Crippen molar-refractivity contribution in [2.75, 3.05) is 6.61 Å². The molecule has 18 heavy (non-hydrogen) atoms. The van der Waals surface area contributed by atoms with Crippen LogP contribution in [0.3, 0.4) is 0 Å². The van der Waals surface area contributed by atoms with Crippen LogP contribution in [0.15, 0.2) is 24.3 Å². The minimum atomic E-state index is -0.691. The number of hydrogen-bond acceptors (Lipinski definition) is 4. The molecular formula is C12H17N3O3. The van der Waals surface area contributed by atoms with Crippen LogP contribution in [0.4, 0.5) is 0 Å². The summed E-state index contributed by atoms with van der Waals surface area (Å²) < 4.78 is 5.29. The quantitative estimate of drug-likeness (QED) is 0.386. The van der Waals surface area contributed by atoms with Crippen molar-refractivity contribution in [1.29, 1.82) is 0 Å². The summed E-state index contributed by atoms with van der Waals surface area (Å²) in [4.78, 5) is 22.5. The Morgan fingerprint density at radius 1 is 1.44 bits per heavy atom. The van der Waals surface area contributed by atoms with Gasteiger partial charge in [0.25, 0.3) is 11.8 Å². The van der Waals surface area contributed by atoms with Crippen LogP contribution in [0.1, 0.15) is 12.5 Å². The molecule has 6 nitrogen and oxygen atoms in total. The average Bonchev–Trinajstić information content (AvgIpc) is 2.35. The summed E-state index contributed by atoms with van der Waals surface area (Å²) in [7, 11) is 0. The number of aryl methyl sites for hydroxylation is 1. The maximum absolute atomic E-state index is 11.5. The lowest BCUT2D eigenvalue weighted by Crippen LogP contribution is -2.48. The Balaban J connectivity index is 2.40. The second-order valence-electron chi connectivity index (χ2n) is 3.90. The van der Waals surface area contributed by atoms with E-state index < -0.39 is 11.9 Å². The molecular weight excluding hydrogens is 234 g/mol. The fourth-order valence-electron chi connectivity index (χ4n) is 1.33. The smallest absolute Gasteiger partial charge is 0.258 e. The normalized spacial score (nSPS) is 11.5. The third kappa shape index (κ3) is 4.42. The van der Waals surface area contributed by atoms with Gasteiger partial charge >= 0.3 is 0 Å². The van der Waals surface area contributed by atoms with E-state index in [-0.39, 0.29) is 12.5 Å². The van der Waals surface area contributed by atoms with E-state index in [0.29, 0.717) is 5.75 Å². The van der Waals surface area contributed by atoms with Crippen LogP contribution < -0.4 is 21.3 Å². The molecule has 0 heterocycles. The number of carbonyl (C=O) groups is 2. The second-order valence-corrected chi connectivity index (χ2v) is 3.90. The summed E-state index contributed by atoms with van der Waals surface area (Å²) in [6.45, 7) is 3.32. The molecule has 0 aliphatic heterocycles. The highest BCUT2D eigenvalue weighted by Gasteiger charge is 2.14. The fraction of sp³-hybridized carbons (Fsp3) is 0.333. The van der Waals surface area contributed by atoms with Gasteiger partial charge in [0.15, 0.2) is 6.61 Å². The highest BCUT2D eigenvalue weighted by atomic mass is 16.5. The van der Waals surface area contributed by atoms with Gasteiger partial charge in [0.2, 0.25) is 0 Å². The summed E-state index contributed by atoms with van der Waals surface area (Å²) in [6.07, 6.45) is 0. The van der Waals surface area contributed by atoms with Crippen LogP contribution in [-0.4, -0.2) is 24.5 Å². The van der Waals surface area contributed by atoms with E-state index in [2.05, 4.69) is 5.32 Å². The molecule has 0 unspecified atom stereocenters. The molecule has 0 fully saturated rings. The van der Waals surface area contributed by atoms with Crippen molar-refractivity contribution in [3.63, 3.8) is 0 Å². The van der Waals surface area contributed by atoms with E-state index >= 15 is 0 Å². The lowest BCUT2D eigenvalue weighted by atomic mass is 10.2. The van der Waals surface area contributed by atoms with Crippen molar-refractivity contribution in [3.8, 4) is 5.75 Å². The molecule has 0 saturated heterocycles. The molecule has 0 aliphatic carbocycles. The molecule has 2 amide bonds. The molecule has 98 valence electrons. The van der Waals surface area contributed by atoms with E-state index in [4.69, 9.17) is 10.6 Å². The molecule has 1 atom stereocenters. The number of nitrogens with two attached hydrogens (primary N) is 1. The van der Waals surface area contributed by atoms with Gasteiger partial charge in [-0.1, -0.05) is 12.1 Å². The van der Waals surface area contributed by atoms with Gasteiger partial charge in [0.1, 0.15) is 11.8 Å². The molecule has 1 aromatic carbocycles. The fourth-order valence-corrected chi connectivity index (χ4v) is 1.33. The van der Waals surface area contributed by atoms with Crippen LogP contribution in [0.2, 0.25) is 0 Å². The third-order valence-electron chi connectivity index (χ3n) is 2.27.